The first-order valence-corrected chi connectivity index (χ1v) is 10.9. The molecule has 5 aromatic rings. The molecule has 5 nitrogen and oxygen atoms in total. The third-order valence-corrected chi connectivity index (χ3v) is 6.81. The lowest BCUT2D eigenvalue weighted by atomic mass is 10.2. The van der Waals surface area contributed by atoms with E-state index in [0.29, 0.717) is 17.6 Å². The largest absolute Gasteiger partial charge is 0.320 e. The second-order valence-corrected chi connectivity index (χ2v) is 8.81. The molecule has 0 spiro atoms. The van der Waals surface area contributed by atoms with E-state index in [9.17, 15) is 0 Å². The molecule has 0 aliphatic heterocycles. The molecule has 0 fully saturated rings. The van der Waals surface area contributed by atoms with Gasteiger partial charge in [-0.2, -0.15) is 0 Å². The Hall–Kier alpha value is -2.55. The Labute approximate surface area is 174 Å². The molecule has 28 heavy (non-hydrogen) atoms. The quantitative estimate of drug-likeness (QED) is 0.208. The molecule has 0 radical (unpaired) electrons. The average molecular weight is 422 g/mol. The summed E-state index contributed by atoms with van der Waals surface area (Å²) < 4.78 is 6.28. The van der Waals surface area contributed by atoms with Crippen LogP contribution in [0.2, 0.25) is 0 Å². The van der Waals surface area contributed by atoms with Crippen LogP contribution < -0.4 is 0 Å². The van der Waals surface area contributed by atoms with Gasteiger partial charge in [-0.3, -0.25) is 0 Å². The summed E-state index contributed by atoms with van der Waals surface area (Å²) in [5.41, 5.74) is 3.88. The molecule has 0 unspecified atom stereocenters. The molecule has 0 amide bonds. The predicted molar refractivity (Wildman–Crippen MR) is 120 cm³/mol. The van der Waals surface area contributed by atoms with Crippen molar-refractivity contribution in [3.63, 3.8) is 0 Å². The van der Waals surface area contributed by atoms with E-state index in [1.165, 1.54) is 16.5 Å². The molecule has 2 aromatic carbocycles. The Morgan fingerprint density at radius 1 is 1.04 bits per heavy atom. The highest BCUT2D eigenvalue weighted by Gasteiger charge is 2.14. The van der Waals surface area contributed by atoms with Crippen LogP contribution in [0.5, 0.6) is 0 Å². The zero-order valence-corrected chi connectivity index (χ0v) is 17.2. The summed E-state index contributed by atoms with van der Waals surface area (Å²) in [5, 5.41) is 10.5. The highest BCUT2D eigenvalue weighted by molar-refractivity contribution is 7.98. The number of benzene rings is 2. The van der Waals surface area contributed by atoms with Crippen LogP contribution in [0.1, 0.15) is 0 Å². The first-order chi connectivity index (χ1) is 13.8. The maximum Gasteiger partial charge on any atom is 0.212 e. The number of thioether (sulfide) groups is 1. The van der Waals surface area contributed by atoms with Crippen LogP contribution in [0, 0.1) is 3.95 Å². The molecule has 0 atom stereocenters. The van der Waals surface area contributed by atoms with Gasteiger partial charge in [0.25, 0.3) is 0 Å². The lowest BCUT2D eigenvalue weighted by Gasteiger charge is -2.05. The van der Waals surface area contributed by atoms with E-state index in [4.69, 9.17) is 17.2 Å². The zero-order chi connectivity index (χ0) is 19.1. The van der Waals surface area contributed by atoms with E-state index >= 15 is 0 Å². The van der Waals surface area contributed by atoms with Crippen LogP contribution in [-0.2, 0) is 12.4 Å². The molecule has 0 N–H and O–H groups in total. The Morgan fingerprint density at radius 3 is 2.68 bits per heavy atom. The Kier molecular flexibility index (Phi) is 4.46. The second-order valence-electron chi connectivity index (χ2n) is 6.22. The summed E-state index contributed by atoms with van der Waals surface area (Å²) in [6.45, 7) is 4.55. The molecule has 3 aromatic heterocycles. The van der Waals surface area contributed by atoms with Gasteiger partial charge in [-0.05, 0) is 30.4 Å². The summed E-state index contributed by atoms with van der Waals surface area (Å²) in [6.07, 6.45) is 1.87. The van der Waals surface area contributed by atoms with Crippen LogP contribution in [0.25, 0.3) is 32.3 Å². The van der Waals surface area contributed by atoms with Crippen LogP contribution >= 0.6 is 35.3 Å². The Bertz CT molecular complexity index is 1400. The molecule has 0 bridgehead atoms. The normalized spacial score (nSPS) is 11.6. The fourth-order valence-electron chi connectivity index (χ4n) is 3.32. The predicted octanol–water partition coefficient (Wildman–Crippen LogP) is 5.66. The smallest absolute Gasteiger partial charge is 0.212 e. The molecule has 0 aliphatic rings. The minimum Gasteiger partial charge on any atom is -0.320 e. The Balaban J connectivity index is 1.55. The monoisotopic (exact) mass is 421 g/mol. The van der Waals surface area contributed by atoms with Gasteiger partial charge in [0.05, 0.1) is 21.6 Å². The van der Waals surface area contributed by atoms with Crippen LogP contribution in [0.3, 0.4) is 0 Å². The average Bonchev–Trinajstić information content (AvgIpc) is 3.21. The summed E-state index contributed by atoms with van der Waals surface area (Å²) >= 11 is 8.70. The van der Waals surface area contributed by atoms with Gasteiger partial charge in [-0.1, -0.05) is 48.2 Å². The number of allylic oxidation sites excluding steroid dienone is 1. The van der Waals surface area contributed by atoms with Crippen LogP contribution in [0.15, 0.2) is 66.3 Å². The van der Waals surface area contributed by atoms with E-state index < -0.39 is 0 Å². The van der Waals surface area contributed by atoms with Crippen molar-refractivity contribution in [1.29, 1.82) is 0 Å². The van der Waals surface area contributed by atoms with Crippen molar-refractivity contribution in [2.75, 3.05) is 0 Å². The van der Waals surface area contributed by atoms with Crippen molar-refractivity contribution in [3.8, 4) is 0 Å². The summed E-state index contributed by atoms with van der Waals surface area (Å²) in [6, 6.07) is 16.4. The molecular formula is C20H15N5S3. The number of aromatic nitrogens is 5. The van der Waals surface area contributed by atoms with Gasteiger partial charge in [0, 0.05) is 11.9 Å². The molecule has 8 heteroatoms. The number of fused-ring (bicyclic) bond motifs is 4. The first kappa shape index (κ1) is 17.5. The third-order valence-electron chi connectivity index (χ3n) is 4.56. The van der Waals surface area contributed by atoms with Gasteiger partial charge in [-0.25, -0.2) is 4.98 Å². The minimum atomic E-state index is 0.637. The third kappa shape index (κ3) is 2.85. The maximum absolute atomic E-state index is 5.54. The number of nitrogens with zero attached hydrogens (tertiary/aromatic N) is 5. The highest BCUT2D eigenvalue weighted by atomic mass is 32.2. The number of thiazole rings is 1. The topological polar surface area (TPSA) is 48.5 Å². The van der Waals surface area contributed by atoms with E-state index in [-0.39, 0.29) is 0 Å². The number of rotatable bonds is 5. The van der Waals surface area contributed by atoms with Crippen molar-refractivity contribution in [2.45, 2.75) is 17.6 Å². The number of hydrogen-bond acceptors (Lipinski definition) is 6. The van der Waals surface area contributed by atoms with Gasteiger partial charge >= 0.3 is 0 Å². The highest BCUT2D eigenvalue weighted by Crippen LogP contribution is 2.29. The van der Waals surface area contributed by atoms with Crippen molar-refractivity contribution in [3.05, 3.63) is 65.1 Å². The minimum absolute atomic E-state index is 0.637. The number of para-hydroxylation sites is 2. The van der Waals surface area contributed by atoms with E-state index in [1.807, 2.05) is 30.3 Å². The SMILES string of the molecule is C=CCn1c2ccccc2c2nnc(SCn3c(=S)sc4ccccc43)nc21. The fraction of sp³-hybridized carbons (Fsp3) is 0.100. The van der Waals surface area contributed by atoms with Crippen molar-refractivity contribution < 1.29 is 0 Å². The second kappa shape index (κ2) is 7.12. The molecule has 3 heterocycles. The van der Waals surface area contributed by atoms with E-state index in [1.54, 1.807) is 11.3 Å². The standard InChI is InChI=1S/C20H15N5S3/c1-2-11-24-14-8-4-3-7-13(14)17-18(24)21-19(23-22-17)27-12-25-15-9-5-6-10-16(15)28-20(25)26/h2-10H,1,11-12H2. The Morgan fingerprint density at radius 2 is 1.82 bits per heavy atom. The van der Waals surface area contributed by atoms with E-state index in [2.05, 4.69) is 50.2 Å². The summed E-state index contributed by atoms with van der Waals surface area (Å²) in [4.78, 5) is 4.80. The lowest BCUT2D eigenvalue weighted by molar-refractivity contribution is 0.822. The van der Waals surface area contributed by atoms with Gasteiger partial charge in [-0.15, -0.1) is 28.1 Å². The molecule has 0 aliphatic carbocycles. The molecule has 138 valence electrons. The number of hydrogen-bond donors (Lipinski definition) is 0. The van der Waals surface area contributed by atoms with Gasteiger partial charge in [0.15, 0.2) is 9.60 Å². The van der Waals surface area contributed by atoms with Crippen molar-refractivity contribution in [1.82, 2.24) is 24.3 Å². The van der Waals surface area contributed by atoms with E-state index in [0.717, 1.165) is 31.5 Å². The van der Waals surface area contributed by atoms with Crippen LogP contribution in [0.4, 0.5) is 0 Å². The zero-order valence-electron chi connectivity index (χ0n) is 14.8. The summed E-state index contributed by atoms with van der Waals surface area (Å²) in [5.74, 6) is 0.651. The van der Waals surface area contributed by atoms with Crippen molar-refractivity contribution in [2.24, 2.45) is 0 Å². The van der Waals surface area contributed by atoms with Gasteiger partial charge in [0.1, 0.15) is 5.52 Å². The van der Waals surface area contributed by atoms with Gasteiger partial charge < -0.3 is 9.13 Å². The maximum atomic E-state index is 5.54. The molecule has 5 rings (SSSR count). The molecule has 0 saturated carbocycles. The van der Waals surface area contributed by atoms with Crippen LogP contribution in [-0.4, -0.2) is 24.3 Å². The van der Waals surface area contributed by atoms with Gasteiger partial charge in [0.2, 0.25) is 5.16 Å². The first-order valence-electron chi connectivity index (χ1n) is 8.70. The summed E-state index contributed by atoms with van der Waals surface area (Å²) in [7, 11) is 0. The lowest BCUT2D eigenvalue weighted by Crippen LogP contribution is -2.00. The fourth-order valence-corrected chi connectivity index (χ4v) is 5.57. The van der Waals surface area contributed by atoms with Crippen molar-refractivity contribution >= 4 is 67.6 Å². The molecular weight excluding hydrogens is 406 g/mol. The molecule has 0 saturated heterocycles.